The van der Waals surface area contributed by atoms with Crippen LogP contribution in [0.5, 0.6) is 0 Å². The summed E-state index contributed by atoms with van der Waals surface area (Å²) >= 11 is 0. The standard InChI is InChI=1S/C15H28N2O2/c1-2-19-14-11-13(14)15(18)17-10-9-16-12-7-5-3-4-6-8-12/h12-14,16H,2-11H2,1H3,(H,17,18). The van der Waals surface area contributed by atoms with Crippen LogP contribution in [-0.4, -0.2) is 37.7 Å². The van der Waals surface area contributed by atoms with Gasteiger partial charge < -0.3 is 15.4 Å². The van der Waals surface area contributed by atoms with Gasteiger partial charge in [-0.2, -0.15) is 0 Å². The lowest BCUT2D eigenvalue weighted by Crippen LogP contribution is -2.37. The van der Waals surface area contributed by atoms with Gasteiger partial charge in [0.2, 0.25) is 5.91 Å². The fourth-order valence-corrected chi connectivity index (χ4v) is 2.92. The van der Waals surface area contributed by atoms with E-state index in [2.05, 4.69) is 10.6 Å². The van der Waals surface area contributed by atoms with E-state index < -0.39 is 0 Å². The number of nitrogens with one attached hydrogen (secondary N) is 2. The molecule has 4 heteroatoms. The van der Waals surface area contributed by atoms with E-state index in [1.807, 2.05) is 6.92 Å². The van der Waals surface area contributed by atoms with Crippen molar-refractivity contribution in [2.24, 2.45) is 5.92 Å². The molecule has 2 aliphatic rings. The molecule has 0 spiro atoms. The highest BCUT2D eigenvalue weighted by Gasteiger charge is 2.43. The Bertz CT molecular complexity index is 275. The molecule has 2 atom stereocenters. The molecule has 0 bridgehead atoms. The fourth-order valence-electron chi connectivity index (χ4n) is 2.92. The van der Waals surface area contributed by atoms with Gasteiger partial charge in [0.05, 0.1) is 12.0 Å². The lowest BCUT2D eigenvalue weighted by molar-refractivity contribution is -0.123. The molecule has 0 aliphatic heterocycles. The van der Waals surface area contributed by atoms with Gasteiger partial charge in [0, 0.05) is 25.7 Å². The van der Waals surface area contributed by atoms with E-state index in [1.54, 1.807) is 0 Å². The highest BCUT2D eigenvalue weighted by molar-refractivity contribution is 5.82. The van der Waals surface area contributed by atoms with Crippen molar-refractivity contribution in [3.8, 4) is 0 Å². The van der Waals surface area contributed by atoms with Gasteiger partial charge in [-0.1, -0.05) is 25.7 Å². The Kier molecular flexibility index (Phi) is 6.11. The highest BCUT2D eigenvalue weighted by atomic mass is 16.5. The molecule has 4 nitrogen and oxygen atoms in total. The van der Waals surface area contributed by atoms with Crippen LogP contribution in [0.3, 0.4) is 0 Å². The molecule has 2 unspecified atom stereocenters. The SMILES string of the molecule is CCOC1CC1C(=O)NCCNC1CCCCCC1. The summed E-state index contributed by atoms with van der Waals surface area (Å²) in [5, 5.41) is 6.57. The van der Waals surface area contributed by atoms with Crippen molar-refractivity contribution in [1.29, 1.82) is 0 Å². The van der Waals surface area contributed by atoms with Crippen LogP contribution in [0.15, 0.2) is 0 Å². The van der Waals surface area contributed by atoms with E-state index >= 15 is 0 Å². The van der Waals surface area contributed by atoms with Crippen molar-refractivity contribution < 1.29 is 9.53 Å². The molecule has 2 fully saturated rings. The smallest absolute Gasteiger partial charge is 0.225 e. The lowest BCUT2D eigenvalue weighted by atomic mass is 10.1. The second kappa shape index (κ2) is 7.85. The number of ether oxygens (including phenoxy) is 1. The summed E-state index contributed by atoms with van der Waals surface area (Å²) in [5.41, 5.74) is 0. The maximum atomic E-state index is 11.8. The zero-order valence-corrected chi connectivity index (χ0v) is 12.1. The van der Waals surface area contributed by atoms with Crippen molar-refractivity contribution in [2.75, 3.05) is 19.7 Å². The number of carbonyl (C=O) groups excluding carboxylic acids is 1. The van der Waals surface area contributed by atoms with Crippen molar-refractivity contribution in [2.45, 2.75) is 64.0 Å². The first-order valence-electron chi connectivity index (χ1n) is 7.94. The van der Waals surface area contributed by atoms with Crippen LogP contribution in [0.1, 0.15) is 51.9 Å². The van der Waals surface area contributed by atoms with Crippen LogP contribution < -0.4 is 10.6 Å². The highest BCUT2D eigenvalue weighted by Crippen LogP contribution is 2.33. The maximum absolute atomic E-state index is 11.8. The summed E-state index contributed by atoms with van der Waals surface area (Å²) in [6, 6.07) is 0.663. The van der Waals surface area contributed by atoms with Crippen LogP contribution in [0, 0.1) is 5.92 Å². The Morgan fingerprint density at radius 2 is 1.89 bits per heavy atom. The molecular weight excluding hydrogens is 240 g/mol. The first-order chi connectivity index (χ1) is 9.31. The molecule has 2 aliphatic carbocycles. The Balaban J connectivity index is 1.51. The molecule has 2 saturated carbocycles. The van der Waals surface area contributed by atoms with Gasteiger partial charge in [-0.3, -0.25) is 4.79 Å². The van der Waals surface area contributed by atoms with Crippen LogP contribution in [0.4, 0.5) is 0 Å². The second-order valence-corrected chi connectivity index (χ2v) is 5.77. The average Bonchev–Trinajstić information content (AvgIpc) is 3.19. The summed E-state index contributed by atoms with van der Waals surface area (Å²) in [7, 11) is 0. The second-order valence-electron chi connectivity index (χ2n) is 5.77. The molecular formula is C15H28N2O2. The molecule has 0 aromatic carbocycles. The van der Waals surface area contributed by atoms with Crippen LogP contribution >= 0.6 is 0 Å². The van der Waals surface area contributed by atoms with Gasteiger partial charge in [0.15, 0.2) is 0 Å². The molecule has 0 heterocycles. The van der Waals surface area contributed by atoms with Crippen LogP contribution in [-0.2, 0) is 9.53 Å². The summed E-state index contributed by atoms with van der Waals surface area (Å²) in [6.07, 6.45) is 9.14. The first kappa shape index (κ1) is 14.8. The molecule has 2 rings (SSSR count). The third-order valence-electron chi connectivity index (χ3n) is 4.16. The van der Waals surface area contributed by atoms with E-state index in [9.17, 15) is 4.79 Å². The first-order valence-corrected chi connectivity index (χ1v) is 7.94. The van der Waals surface area contributed by atoms with E-state index in [0.717, 1.165) is 19.5 Å². The van der Waals surface area contributed by atoms with Gasteiger partial charge in [0.1, 0.15) is 0 Å². The van der Waals surface area contributed by atoms with E-state index in [1.165, 1.54) is 38.5 Å². The molecule has 1 amide bonds. The predicted octanol–water partition coefficient (Wildman–Crippen LogP) is 1.84. The van der Waals surface area contributed by atoms with E-state index in [4.69, 9.17) is 4.74 Å². The monoisotopic (exact) mass is 268 g/mol. The molecule has 19 heavy (non-hydrogen) atoms. The van der Waals surface area contributed by atoms with Gasteiger partial charge in [-0.05, 0) is 26.2 Å². The Morgan fingerprint density at radius 1 is 1.16 bits per heavy atom. The van der Waals surface area contributed by atoms with Crippen molar-refractivity contribution in [3.05, 3.63) is 0 Å². The summed E-state index contributed by atoms with van der Waals surface area (Å²) in [6.45, 7) is 4.31. The number of carbonyl (C=O) groups is 1. The molecule has 110 valence electrons. The summed E-state index contributed by atoms with van der Waals surface area (Å²) in [4.78, 5) is 11.8. The Hall–Kier alpha value is -0.610. The summed E-state index contributed by atoms with van der Waals surface area (Å²) < 4.78 is 5.43. The zero-order valence-electron chi connectivity index (χ0n) is 12.1. The Labute approximate surface area is 116 Å². The molecule has 2 N–H and O–H groups in total. The van der Waals surface area contributed by atoms with Crippen LogP contribution in [0.25, 0.3) is 0 Å². The molecule has 0 radical (unpaired) electrons. The van der Waals surface area contributed by atoms with Gasteiger partial charge in [-0.25, -0.2) is 0 Å². The minimum Gasteiger partial charge on any atom is -0.378 e. The van der Waals surface area contributed by atoms with E-state index in [-0.39, 0.29) is 17.9 Å². The quantitative estimate of drug-likeness (QED) is 0.547. The van der Waals surface area contributed by atoms with E-state index in [0.29, 0.717) is 12.6 Å². The van der Waals surface area contributed by atoms with Gasteiger partial charge >= 0.3 is 0 Å². The van der Waals surface area contributed by atoms with Gasteiger partial charge in [0.25, 0.3) is 0 Å². The fraction of sp³-hybridized carbons (Fsp3) is 0.933. The predicted molar refractivity (Wildman–Crippen MR) is 76.0 cm³/mol. The van der Waals surface area contributed by atoms with Crippen molar-refractivity contribution >= 4 is 5.91 Å². The lowest BCUT2D eigenvalue weighted by Gasteiger charge is -2.16. The number of rotatable bonds is 7. The third kappa shape index (κ3) is 5.11. The average molecular weight is 268 g/mol. The number of hydrogen-bond acceptors (Lipinski definition) is 3. The van der Waals surface area contributed by atoms with Crippen LogP contribution in [0.2, 0.25) is 0 Å². The molecule has 0 aromatic rings. The molecule has 0 aromatic heterocycles. The minimum atomic E-state index is 0.109. The normalized spacial score (nSPS) is 27.8. The third-order valence-corrected chi connectivity index (χ3v) is 4.16. The van der Waals surface area contributed by atoms with Gasteiger partial charge in [-0.15, -0.1) is 0 Å². The summed E-state index contributed by atoms with van der Waals surface area (Å²) in [5.74, 6) is 0.277. The largest absolute Gasteiger partial charge is 0.378 e. The number of hydrogen-bond donors (Lipinski definition) is 2. The minimum absolute atomic E-state index is 0.109. The number of amides is 1. The molecule has 0 saturated heterocycles. The zero-order chi connectivity index (χ0) is 13.5. The Morgan fingerprint density at radius 3 is 2.58 bits per heavy atom. The van der Waals surface area contributed by atoms with Crippen molar-refractivity contribution in [1.82, 2.24) is 10.6 Å². The van der Waals surface area contributed by atoms with Crippen molar-refractivity contribution in [3.63, 3.8) is 0 Å². The maximum Gasteiger partial charge on any atom is 0.225 e. The topological polar surface area (TPSA) is 50.4 Å².